The Morgan fingerprint density at radius 2 is 1.95 bits per heavy atom. The van der Waals surface area contributed by atoms with E-state index in [1.165, 1.54) is 12.1 Å². The number of aromatic carboxylic acids is 1. The van der Waals surface area contributed by atoms with Crippen molar-refractivity contribution in [3.63, 3.8) is 0 Å². The number of ether oxygens (including phenoxy) is 1. The summed E-state index contributed by atoms with van der Waals surface area (Å²) in [6.07, 6.45) is 0. The number of hydrogen-bond acceptors (Lipinski definition) is 4. The molecule has 0 aliphatic heterocycles. The highest BCUT2D eigenvalue weighted by Gasteiger charge is 2.07. The molecule has 0 saturated carbocycles. The molecule has 3 aromatic rings. The molecule has 0 bridgehead atoms. The van der Waals surface area contributed by atoms with Crippen molar-refractivity contribution >= 4 is 17.3 Å². The van der Waals surface area contributed by atoms with Crippen molar-refractivity contribution in [2.75, 3.05) is 0 Å². The highest BCUT2D eigenvalue weighted by Crippen LogP contribution is 2.24. The van der Waals surface area contributed by atoms with E-state index in [-0.39, 0.29) is 5.56 Å². The van der Waals surface area contributed by atoms with Crippen molar-refractivity contribution in [3.05, 3.63) is 71.2 Å². The van der Waals surface area contributed by atoms with Crippen LogP contribution in [0.1, 0.15) is 16.1 Å². The molecule has 0 aliphatic rings. The quantitative estimate of drug-likeness (QED) is 0.771. The van der Waals surface area contributed by atoms with E-state index in [1.807, 2.05) is 35.7 Å². The van der Waals surface area contributed by atoms with Gasteiger partial charge in [0.2, 0.25) is 0 Å². The molecule has 0 spiro atoms. The smallest absolute Gasteiger partial charge is 0.335 e. The first-order chi connectivity index (χ1) is 10.7. The van der Waals surface area contributed by atoms with Crippen LogP contribution >= 0.6 is 11.3 Å². The average molecular weight is 311 g/mol. The Balaban J connectivity index is 1.69. The summed E-state index contributed by atoms with van der Waals surface area (Å²) >= 11 is 1.56. The third-order valence-corrected chi connectivity index (χ3v) is 3.98. The van der Waals surface area contributed by atoms with Gasteiger partial charge in [-0.1, -0.05) is 36.4 Å². The lowest BCUT2D eigenvalue weighted by atomic mass is 10.2. The van der Waals surface area contributed by atoms with Crippen molar-refractivity contribution in [3.8, 4) is 16.3 Å². The van der Waals surface area contributed by atoms with Crippen LogP contribution in [-0.4, -0.2) is 16.1 Å². The average Bonchev–Trinajstić information content (AvgIpc) is 3.03. The van der Waals surface area contributed by atoms with Crippen LogP contribution < -0.4 is 4.74 Å². The second kappa shape index (κ2) is 6.41. The standard InChI is InChI=1S/C17H13NO3S/c19-17(20)13-7-4-8-15(9-13)21-10-14-11-22-16(18-14)12-5-2-1-3-6-12/h1-9,11H,10H2,(H,19,20). The van der Waals surface area contributed by atoms with Gasteiger partial charge in [-0.05, 0) is 18.2 Å². The Morgan fingerprint density at radius 3 is 2.73 bits per heavy atom. The van der Waals surface area contributed by atoms with E-state index in [9.17, 15) is 4.79 Å². The van der Waals surface area contributed by atoms with E-state index in [0.717, 1.165) is 16.3 Å². The molecule has 0 aliphatic carbocycles. The number of carboxylic acids is 1. The van der Waals surface area contributed by atoms with Crippen LogP contribution in [0.2, 0.25) is 0 Å². The summed E-state index contributed by atoms with van der Waals surface area (Å²) in [5, 5.41) is 11.8. The molecule has 0 radical (unpaired) electrons. The van der Waals surface area contributed by atoms with Crippen LogP contribution in [0.4, 0.5) is 0 Å². The van der Waals surface area contributed by atoms with Gasteiger partial charge in [-0.15, -0.1) is 11.3 Å². The lowest BCUT2D eigenvalue weighted by Gasteiger charge is -2.04. The number of benzene rings is 2. The van der Waals surface area contributed by atoms with Crippen LogP contribution in [0.5, 0.6) is 5.75 Å². The Kier molecular flexibility index (Phi) is 4.16. The van der Waals surface area contributed by atoms with Crippen molar-refractivity contribution in [1.82, 2.24) is 4.98 Å². The topological polar surface area (TPSA) is 59.4 Å². The summed E-state index contributed by atoms with van der Waals surface area (Å²) in [4.78, 5) is 15.5. The van der Waals surface area contributed by atoms with Crippen molar-refractivity contribution in [1.29, 1.82) is 0 Å². The van der Waals surface area contributed by atoms with E-state index in [4.69, 9.17) is 9.84 Å². The first kappa shape index (κ1) is 14.3. The molecule has 5 heteroatoms. The Labute approximate surface area is 131 Å². The van der Waals surface area contributed by atoms with Gasteiger partial charge in [0, 0.05) is 10.9 Å². The summed E-state index contributed by atoms with van der Waals surface area (Å²) in [7, 11) is 0. The Morgan fingerprint density at radius 1 is 1.14 bits per heavy atom. The van der Waals surface area contributed by atoms with Gasteiger partial charge in [0.25, 0.3) is 0 Å². The molecular formula is C17H13NO3S. The van der Waals surface area contributed by atoms with Crippen LogP contribution in [0, 0.1) is 0 Å². The third kappa shape index (κ3) is 3.32. The fraction of sp³-hybridized carbons (Fsp3) is 0.0588. The molecule has 0 unspecified atom stereocenters. The first-order valence-corrected chi connectivity index (χ1v) is 7.56. The first-order valence-electron chi connectivity index (χ1n) is 6.68. The van der Waals surface area contributed by atoms with Gasteiger partial charge in [-0.2, -0.15) is 0 Å². The fourth-order valence-electron chi connectivity index (χ4n) is 1.96. The van der Waals surface area contributed by atoms with Crippen LogP contribution in [0.15, 0.2) is 60.0 Å². The molecule has 2 aromatic carbocycles. The number of rotatable bonds is 5. The highest BCUT2D eigenvalue weighted by molar-refractivity contribution is 7.13. The molecule has 3 rings (SSSR count). The van der Waals surface area contributed by atoms with Gasteiger partial charge < -0.3 is 9.84 Å². The molecule has 1 heterocycles. The zero-order valence-electron chi connectivity index (χ0n) is 11.6. The van der Waals surface area contributed by atoms with E-state index in [0.29, 0.717) is 12.4 Å². The van der Waals surface area contributed by atoms with Gasteiger partial charge in [-0.25, -0.2) is 9.78 Å². The van der Waals surface area contributed by atoms with E-state index in [2.05, 4.69) is 4.98 Å². The lowest BCUT2D eigenvalue weighted by Crippen LogP contribution is -1.99. The van der Waals surface area contributed by atoms with Crippen LogP contribution in [0.3, 0.4) is 0 Å². The molecule has 0 fully saturated rings. The molecular weight excluding hydrogens is 298 g/mol. The number of nitrogens with zero attached hydrogens (tertiary/aromatic N) is 1. The predicted molar refractivity (Wildman–Crippen MR) is 85.3 cm³/mol. The van der Waals surface area contributed by atoms with E-state index >= 15 is 0 Å². The molecule has 0 amide bonds. The maximum atomic E-state index is 10.9. The molecule has 22 heavy (non-hydrogen) atoms. The van der Waals surface area contributed by atoms with E-state index in [1.54, 1.807) is 23.5 Å². The lowest BCUT2D eigenvalue weighted by molar-refractivity contribution is 0.0696. The zero-order chi connectivity index (χ0) is 15.4. The Hall–Kier alpha value is -2.66. The highest BCUT2D eigenvalue weighted by atomic mass is 32.1. The number of hydrogen-bond donors (Lipinski definition) is 1. The van der Waals surface area contributed by atoms with Gasteiger partial charge in [0.1, 0.15) is 17.4 Å². The van der Waals surface area contributed by atoms with Gasteiger partial charge in [-0.3, -0.25) is 0 Å². The maximum Gasteiger partial charge on any atom is 0.335 e. The molecule has 1 aromatic heterocycles. The number of thiazole rings is 1. The monoisotopic (exact) mass is 311 g/mol. The fourth-order valence-corrected chi connectivity index (χ4v) is 2.77. The summed E-state index contributed by atoms with van der Waals surface area (Å²) in [5.74, 6) is -0.445. The predicted octanol–water partition coefficient (Wildman–Crippen LogP) is 4.09. The van der Waals surface area contributed by atoms with Gasteiger partial charge >= 0.3 is 5.97 Å². The normalized spacial score (nSPS) is 10.4. The Bertz CT molecular complexity index is 783. The largest absolute Gasteiger partial charge is 0.487 e. The van der Waals surface area contributed by atoms with Gasteiger partial charge in [0.15, 0.2) is 0 Å². The van der Waals surface area contributed by atoms with Crippen molar-refractivity contribution < 1.29 is 14.6 Å². The van der Waals surface area contributed by atoms with Crippen molar-refractivity contribution in [2.24, 2.45) is 0 Å². The summed E-state index contributed by atoms with van der Waals surface area (Å²) in [5.41, 5.74) is 2.11. The SMILES string of the molecule is O=C(O)c1cccc(OCc2csc(-c3ccccc3)n2)c1. The summed E-state index contributed by atoms with van der Waals surface area (Å²) in [6, 6.07) is 16.4. The maximum absolute atomic E-state index is 10.9. The second-order valence-corrected chi connectivity index (χ2v) is 5.49. The zero-order valence-corrected chi connectivity index (χ0v) is 12.4. The number of aromatic nitrogens is 1. The number of carboxylic acid groups (broad SMARTS) is 1. The van der Waals surface area contributed by atoms with Crippen molar-refractivity contribution in [2.45, 2.75) is 6.61 Å². The summed E-state index contributed by atoms with van der Waals surface area (Å²) in [6.45, 7) is 0.312. The third-order valence-electron chi connectivity index (χ3n) is 3.04. The molecule has 110 valence electrons. The minimum atomic E-state index is -0.967. The summed E-state index contributed by atoms with van der Waals surface area (Å²) < 4.78 is 5.61. The minimum absolute atomic E-state index is 0.209. The van der Waals surface area contributed by atoms with E-state index < -0.39 is 5.97 Å². The number of carbonyl (C=O) groups is 1. The van der Waals surface area contributed by atoms with Gasteiger partial charge in [0.05, 0.1) is 11.3 Å². The van der Waals surface area contributed by atoms with Crippen LogP contribution in [0.25, 0.3) is 10.6 Å². The molecule has 0 atom stereocenters. The second-order valence-electron chi connectivity index (χ2n) is 4.63. The molecule has 1 N–H and O–H groups in total. The molecule has 4 nitrogen and oxygen atoms in total. The van der Waals surface area contributed by atoms with Crippen LogP contribution in [-0.2, 0) is 6.61 Å². The molecule has 0 saturated heterocycles. The minimum Gasteiger partial charge on any atom is -0.487 e.